The molecule has 4 heterocycles. The van der Waals surface area contributed by atoms with Crippen LogP contribution >= 0.6 is 12.4 Å². The summed E-state index contributed by atoms with van der Waals surface area (Å²) in [6, 6.07) is 4.01. The Labute approximate surface area is 172 Å². The third kappa shape index (κ3) is 5.01. The Morgan fingerprint density at radius 3 is 2.43 bits per heavy atom. The van der Waals surface area contributed by atoms with Crippen LogP contribution in [0.1, 0.15) is 37.2 Å². The third-order valence-corrected chi connectivity index (χ3v) is 6.08. The first kappa shape index (κ1) is 21.0. The van der Waals surface area contributed by atoms with Gasteiger partial charge in [-0.3, -0.25) is 19.8 Å². The predicted molar refractivity (Wildman–Crippen MR) is 111 cm³/mol. The van der Waals surface area contributed by atoms with E-state index in [1.807, 2.05) is 12.1 Å². The number of hydrogen-bond donors (Lipinski definition) is 2. The molecule has 2 N–H and O–H groups in total. The fourth-order valence-electron chi connectivity index (χ4n) is 4.39. The number of imide groups is 1. The van der Waals surface area contributed by atoms with Crippen LogP contribution in [0.4, 0.5) is 5.82 Å². The Hall–Kier alpha value is -1.70. The van der Waals surface area contributed by atoms with Gasteiger partial charge >= 0.3 is 0 Å². The quantitative estimate of drug-likeness (QED) is 0.729. The number of amides is 2. The molecule has 0 aliphatic carbocycles. The van der Waals surface area contributed by atoms with Crippen LogP contribution in [0, 0.1) is 5.92 Å². The Balaban J connectivity index is 0.00000225. The predicted octanol–water partition coefficient (Wildman–Crippen LogP) is 1.15. The summed E-state index contributed by atoms with van der Waals surface area (Å²) in [5.74, 6) is 1.18. The topological polar surface area (TPSA) is 77.6 Å². The lowest BCUT2D eigenvalue weighted by Crippen LogP contribution is -2.48. The van der Waals surface area contributed by atoms with Crippen molar-refractivity contribution in [2.45, 2.75) is 31.6 Å². The summed E-state index contributed by atoms with van der Waals surface area (Å²) in [5, 5.41) is 5.86. The van der Waals surface area contributed by atoms with Crippen molar-refractivity contribution in [1.29, 1.82) is 0 Å². The number of rotatable bonds is 4. The van der Waals surface area contributed by atoms with Crippen LogP contribution < -0.4 is 15.5 Å². The molecule has 3 aliphatic rings. The highest BCUT2D eigenvalue weighted by Gasteiger charge is 2.28. The van der Waals surface area contributed by atoms with Gasteiger partial charge in [0.15, 0.2) is 0 Å². The largest absolute Gasteiger partial charge is 0.354 e. The van der Waals surface area contributed by atoms with Crippen LogP contribution in [0.15, 0.2) is 18.3 Å². The molecule has 1 atom stereocenters. The van der Waals surface area contributed by atoms with Gasteiger partial charge in [0.25, 0.3) is 0 Å². The number of piperidine rings is 2. The van der Waals surface area contributed by atoms with E-state index in [1.165, 1.54) is 19.4 Å². The Morgan fingerprint density at radius 1 is 1.04 bits per heavy atom. The molecular weight excluding hydrogens is 378 g/mol. The van der Waals surface area contributed by atoms with Crippen molar-refractivity contribution in [2.24, 2.45) is 5.92 Å². The number of anilines is 1. The lowest BCUT2D eigenvalue weighted by atomic mass is 9.92. The van der Waals surface area contributed by atoms with Gasteiger partial charge in [0.2, 0.25) is 11.8 Å². The molecule has 3 saturated heterocycles. The zero-order chi connectivity index (χ0) is 18.6. The average molecular weight is 408 g/mol. The summed E-state index contributed by atoms with van der Waals surface area (Å²) in [7, 11) is 0. The molecule has 4 rings (SSSR count). The van der Waals surface area contributed by atoms with E-state index >= 15 is 0 Å². The van der Waals surface area contributed by atoms with Gasteiger partial charge < -0.3 is 10.2 Å². The van der Waals surface area contributed by atoms with E-state index in [2.05, 4.69) is 25.4 Å². The number of aromatic nitrogens is 1. The van der Waals surface area contributed by atoms with Crippen molar-refractivity contribution in [3.8, 4) is 0 Å². The SMILES string of the molecule is Cl.O=C1CCC(c2ccc(N3CCN(CC4CCNCC4)CC3)nc2)C(=O)N1. The number of halogens is 1. The third-order valence-electron chi connectivity index (χ3n) is 6.08. The van der Waals surface area contributed by atoms with Crippen LogP contribution in [0.25, 0.3) is 0 Å². The summed E-state index contributed by atoms with van der Waals surface area (Å²) in [6.45, 7) is 7.70. The molecule has 7 nitrogen and oxygen atoms in total. The summed E-state index contributed by atoms with van der Waals surface area (Å²) in [4.78, 5) is 32.8. The lowest BCUT2D eigenvalue weighted by molar-refractivity contribution is -0.134. The van der Waals surface area contributed by atoms with Crippen LogP contribution in [0.5, 0.6) is 0 Å². The number of hydrogen-bond acceptors (Lipinski definition) is 6. The Morgan fingerprint density at radius 2 is 1.79 bits per heavy atom. The first-order valence-corrected chi connectivity index (χ1v) is 10.2. The van der Waals surface area contributed by atoms with Crippen LogP contribution in [-0.2, 0) is 9.59 Å². The molecule has 0 saturated carbocycles. The monoisotopic (exact) mass is 407 g/mol. The molecule has 1 aromatic heterocycles. The van der Waals surface area contributed by atoms with Gasteiger partial charge in [0.1, 0.15) is 5.82 Å². The molecule has 0 bridgehead atoms. The van der Waals surface area contributed by atoms with Gasteiger partial charge in [-0.05, 0) is 49.9 Å². The highest BCUT2D eigenvalue weighted by Crippen LogP contribution is 2.26. The van der Waals surface area contributed by atoms with Gasteiger partial charge in [0.05, 0.1) is 5.92 Å². The normalized spacial score (nSPS) is 24.6. The van der Waals surface area contributed by atoms with Crippen molar-refractivity contribution in [1.82, 2.24) is 20.5 Å². The molecule has 1 aromatic rings. The van der Waals surface area contributed by atoms with Crippen molar-refractivity contribution in [2.75, 3.05) is 50.7 Å². The van der Waals surface area contributed by atoms with E-state index in [4.69, 9.17) is 0 Å². The minimum atomic E-state index is -0.258. The minimum absolute atomic E-state index is 0. The van der Waals surface area contributed by atoms with Crippen molar-refractivity contribution in [3.63, 3.8) is 0 Å². The average Bonchev–Trinajstić information content (AvgIpc) is 2.70. The highest BCUT2D eigenvalue weighted by molar-refractivity contribution is 6.00. The number of pyridine rings is 1. The lowest BCUT2D eigenvalue weighted by Gasteiger charge is -2.38. The fraction of sp³-hybridized carbons (Fsp3) is 0.650. The second-order valence-corrected chi connectivity index (χ2v) is 7.93. The fourth-order valence-corrected chi connectivity index (χ4v) is 4.39. The maximum Gasteiger partial charge on any atom is 0.234 e. The number of carbonyl (C=O) groups excluding carboxylic acids is 2. The second-order valence-electron chi connectivity index (χ2n) is 7.93. The molecule has 0 radical (unpaired) electrons. The molecule has 0 aromatic carbocycles. The van der Waals surface area contributed by atoms with E-state index in [0.717, 1.165) is 56.6 Å². The molecular formula is C20H30ClN5O2. The molecule has 3 aliphatic heterocycles. The van der Waals surface area contributed by atoms with Gasteiger partial charge in [-0.25, -0.2) is 4.98 Å². The number of nitrogens with one attached hydrogen (secondary N) is 2. The minimum Gasteiger partial charge on any atom is -0.354 e. The molecule has 0 spiro atoms. The number of nitrogens with zero attached hydrogens (tertiary/aromatic N) is 3. The summed E-state index contributed by atoms with van der Waals surface area (Å²) >= 11 is 0. The van der Waals surface area contributed by atoms with Gasteiger partial charge in [-0.2, -0.15) is 0 Å². The van der Waals surface area contributed by atoms with Crippen LogP contribution in [0.2, 0.25) is 0 Å². The van der Waals surface area contributed by atoms with Crippen molar-refractivity contribution < 1.29 is 9.59 Å². The van der Waals surface area contributed by atoms with Gasteiger partial charge in [0, 0.05) is 45.3 Å². The van der Waals surface area contributed by atoms with Crippen molar-refractivity contribution >= 4 is 30.0 Å². The molecule has 1 unspecified atom stereocenters. The summed E-state index contributed by atoms with van der Waals surface area (Å²) < 4.78 is 0. The zero-order valence-corrected chi connectivity index (χ0v) is 17.0. The molecule has 2 amide bonds. The van der Waals surface area contributed by atoms with Gasteiger partial charge in [-0.15, -0.1) is 12.4 Å². The van der Waals surface area contributed by atoms with E-state index in [0.29, 0.717) is 12.8 Å². The first-order valence-electron chi connectivity index (χ1n) is 10.2. The Kier molecular flexibility index (Phi) is 7.26. The second kappa shape index (κ2) is 9.67. The maximum atomic E-state index is 12.0. The molecule has 28 heavy (non-hydrogen) atoms. The molecule has 8 heteroatoms. The Bertz CT molecular complexity index is 670. The van der Waals surface area contributed by atoms with E-state index < -0.39 is 0 Å². The highest BCUT2D eigenvalue weighted by atomic mass is 35.5. The summed E-state index contributed by atoms with van der Waals surface area (Å²) in [5.41, 5.74) is 0.897. The number of carbonyl (C=O) groups is 2. The maximum absolute atomic E-state index is 12.0. The van der Waals surface area contributed by atoms with Crippen LogP contribution in [0.3, 0.4) is 0 Å². The smallest absolute Gasteiger partial charge is 0.234 e. The van der Waals surface area contributed by atoms with Gasteiger partial charge in [-0.1, -0.05) is 6.07 Å². The van der Waals surface area contributed by atoms with E-state index in [9.17, 15) is 9.59 Å². The summed E-state index contributed by atoms with van der Waals surface area (Å²) in [6.07, 6.45) is 5.36. The van der Waals surface area contributed by atoms with Crippen LogP contribution in [-0.4, -0.2) is 67.5 Å². The van der Waals surface area contributed by atoms with Crippen molar-refractivity contribution in [3.05, 3.63) is 23.9 Å². The molecule has 3 fully saturated rings. The van der Waals surface area contributed by atoms with E-state index in [-0.39, 0.29) is 30.1 Å². The zero-order valence-electron chi connectivity index (χ0n) is 16.2. The van der Waals surface area contributed by atoms with E-state index in [1.54, 1.807) is 6.20 Å². The standard InChI is InChI=1S/C20H29N5O2.ClH/c26-19-4-2-17(20(27)23-19)16-1-3-18(22-13-16)25-11-9-24(10-12-25)14-15-5-7-21-8-6-15;/h1,3,13,15,17,21H,2,4-12,14H2,(H,23,26,27);1H. The first-order chi connectivity index (χ1) is 13.2. The molecule has 154 valence electrons. The number of piperazine rings is 1.